The maximum absolute atomic E-state index is 12.4. The van der Waals surface area contributed by atoms with Crippen LogP contribution < -0.4 is 20.1 Å². The van der Waals surface area contributed by atoms with Crippen LogP contribution in [0.15, 0.2) is 35.7 Å². The number of nitrogens with zero attached hydrogens (tertiary/aromatic N) is 1. The molecule has 2 N–H and O–H groups in total. The summed E-state index contributed by atoms with van der Waals surface area (Å²) < 4.78 is 11.1. The van der Waals surface area contributed by atoms with Gasteiger partial charge in [0.1, 0.15) is 0 Å². The van der Waals surface area contributed by atoms with E-state index in [0.717, 1.165) is 19.4 Å². The van der Waals surface area contributed by atoms with Crippen molar-refractivity contribution < 1.29 is 19.1 Å². The predicted octanol–water partition coefficient (Wildman–Crippen LogP) is 4.03. The summed E-state index contributed by atoms with van der Waals surface area (Å²) in [5, 5.41) is 7.14. The SMILES string of the molecule is CCOc1ccc(NC(=O)NC(=O)CN2CCC[C@H]2c2cccs2)cc1OCC. The lowest BCUT2D eigenvalue weighted by molar-refractivity contribution is -0.121. The molecule has 0 bridgehead atoms. The lowest BCUT2D eigenvalue weighted by atomic mass is 10.2. The third-order valence-electron chi connectivity index (χ3n) is 4.64. The molecule has 3 amide bonds. The summed E-state index contributed by atoms with van der Waals surface area (Å²) in [5.74, 6) is 0.848. The number of thiophene rings is 1. The molecule has 0 spiro atoms. The van der Waals surface area contributed by atoms with Gasteiger partial charge in [0, 0.05) is 22.7 Å². The monoisotopic (exact) mass is 417 g/mol. The number of urea groups is 1. The smallest absolute Gasteiger partial charge is 0.325 e. The fraction of sp³-hybridized carbons (Fsp3) is 0.429. The predicted molar refractivity (Wildman–Crippen MR) is 114 cm³/mol. The van der Waals surface area contributed by atoms with Gasteiger partial charge in [-0.1, -0.05) is 6.07 Å². The molecule has 0 aliphatic carbocycles. The Hall–Kier alpha value is -2.58. The summed E-state index contributed by atoms with van der Waals surface area (Å²) in [7, 11) is 0. The van der Waals surface area contributed by atoms with E-state index >= 15 is 0 Å². The highest BCUT2D eigenvalue weighted by Crippen LogP contribution is 2.34. The summed E-state index contributed by atoms with van der Waals surface area (Å²) in [6.45, 7) is 5.82. The number of ether oxygens (including phenoxy) is 2. The summed E-state index contributed by atoms with van der Waals surface area (Å²) in [4.78, 5) is 28.0. The number of imide groups is 1. The minimum atomic E-state index is -0.562. The number of carbonyl (C=O) groups excluding carboxylic acids is 2. The molecular weight excluding hydrogens is 390 g/mol. The zero-order valence-electron chi connectivity index (χ0n) is 16.8. The molecule has 3 rings (SSSR count). The molecule has 156 valence electrons. The Kier molecular flexibility index (Phi) is 7.48. The van der Waals surface area contributed by atoms with Gasteiger partial charge >= 0.3 is 6.03 Å². The van der Waals surface area contributed by atoms with Crippen molar-refractivity contribution in [2.45, 2.75) is 32.7 Å². The first-order valence-corrected chi connectivity index (χ1v) is 10.8. The van der Waals surface area contributed by atoms with Crippen LogP contribution in [0.2, 0.25) is 0 Å². The number of likely N-dealkylation sites (tertiary alicyclic amines) is 1. The number of nitrogens with one attached hydrogen (secondary N) is 2. The largest absolute Gasteiger partial charge is 0.490 e. The number of rotatable bonds is 8. The van der Waals surface area contributed by atoms with Crippen molar-refractivity contribution in [1.29, 1.82) is 0 Å². The third kappa shape index (κ3) is 5.71. The molecule has 2 heterocycles. The molecule has 1 atom stereocenters. The van der Waals surface area contributed by atoms with Gasteiger partial charge in [-0.15, -0.1) is 11.3 Å². The normalized spacial score (nSPS) is 16.4. The Balaban J connectivity index is 1.55. The van der Waals surface area contributed by atoms with Crippen molar-refractivity contribution in [3.8, 4) is 11.5 Å². The average molecular weight is 418 g/mol. The van der Waals surface area contributed by atoms with E-state index < -0.39 is 6.03 Å². The van der Waals surface area contributed by atoms with Crippen molar-refractivity contribution in [3.63, 3.8) is 0 Å². The lowest BCUT2D eigenvalue weighted by Gasteiger charge is -2.22. The number of benzene rings is 1. The topological polar surface area (TPSA) is 79.9 Å². The molecule has 1 aromatic carbocycles. The van der Waals surface area contributed by atoms with E-state index in [2.05, 4.69) is 21.6 Å². The molecule has 2 aromatic rings. The Bertz CT molecular complexity index is 825. The van der Waals surface area contributed by atoms with Crippen molar-refractivity contribution in [3.05, 3.63) is 40.6 Å². The molecule has 0 radical (unpaired) electrons. The Labute approximate surface area is 175 Å². The fourth-order valence-corrected chi connectivity index (χ4v) is 4.36. The second kappa shape index (κ2) is 10.3. The number of anilines is 1. The van der Waals surface area contributed by atoms with Crippen LogP contribution in [0.25, 0.3) is 0 Å². The highest BCUT2D eigenvalue weighted by atomic mass is 32.1. The van der Waals surface area contributed by atoms with Crippen molar-refractivity contribution in [2.75, 3.05) is 31.6 Å². The van der Waals surface area contributed by atoms with E-state index in [1.54, 1.807) is 29.5 Å². The van der Waals surface area contributed by atoms with E-state index in [0.29, 0.717) is 30.4 Å². The van der Waals surface area contributed by atoms with Crippen LogP contribution in [0.4, 0.5) is 10.5 Å². The van der Waals surface area contributed by atoms with Crippen LogP contribution >= 0.6 is 11.3 Å². The Morgan fingerprint density at radius 3 is 2.69 bits per heavy atom. The zero-order valence-corrected chi connectivity index (χ0v) is 17.6. The van der Waals surface area contributed by atoms with Gasteiger partial charge in [-0.05, 0) is 56.8 Å². The molecule has 7 nitrogen and oxygen atoms in total. The number of amides is 3. The fourth-order valence-electron chi connectivity index (χ4n) is 3.46. The van der Waals surface area contributed by atoms with Gasteiger partial charge in [-0.3, -0.25) is 15.0 Å². The maximum Gasteiger partial charge on any atom is 0.325 e. The van der Waals surface area contributed by atoms with E-state index in [1.807, 2.05) is 25.3 Å². The van der Waals surface area contributed by atoms with E-state index in [-0.39, 0.29) is 18.5 Å². The average Bonchev–Trinajstić information content (AvgIpc) is 3.35. The van der Waals surface area contributed by atoms with Crippen molar-refractivity contribution in [2.24, 2.45) is 0 Å². The maximum atomic E-state index is 12.4. The van der Waals surface area contributed by atoms with E-state index in [4.69, 9.17) is 9.47 Å². The van der Waals surface area contributed by atoms with Crippen LogP contribution in [0.1, 0.15) is 37.6 Å². The standard InChI is InChI=1S/C21H27N3O4S/c1-3-27-17-10-9-15(13-18(17)28-4-2)22-21(26)23-20(25)14-24-11-5-7-16(24)19-8-6-12-29-19/h6,8-10,12-13,16H,3-5,7,11,14H2,1-2H3,(H2,22,23,25,26)/t16-/m0/s1. The molecule has 8 heteroatoms. The highest BCUT2D eigenvalue weighted by Gasteiger charge is 2.28. The van der Waals surface area contributed by atoms with Crippen molar-refractivity contribution in [1.82, 2.24) is 10.2 Å². The first-order valence-electron chi connectivity index (χ1n) is 9.88. The van der Waals surface area contributed by atoms with Crippen LogP contribution in [-0.4, -0.2) is 43.1 Å². The second-order valence-electron chi connectivity index (χ2n) is 6.67. The molecule has 0 saturated carbocycles. The molecule has 29 heavy (non-hydrogen) atoms. The quantitative estimate of drug-likeness (QED) is 0.678. The first-order chi connectivity index (χ1) is 14.1. The first kappa shape index (κ1) is 21.1. The van der Waals surface area contributed by atoms with E-state index in [1.165, 1.54) is 4.88 Å². The Morgan fingerprint density at radius 2 is 1.97 bits per heavy atom. The molecule has 1 saturated heterocycles. The van der Waals surface area contributed by atoms with Gasteiger partial charge in [0.2, 0.25) is 5.91 Å². The van der Waals surface area contributed by atoms with Crippen LogP contribution in [0.5, 0.6) is 11.5 Å². The summed E-state index contributed by atoms with van der Waals surface area (Å²) in [6.07, 6.45) is 2.08. The van der Waals surface area contributed by atoms with Gasteiger partial charge in [0.25, 0.3) is 0 Å². The highest BCUT2D eigenvalue weighted by molar-refractivity contribution is 7.10. The number of hydrogen-bond acceptors (Lipinski definition) is 6. The Morgan fingerprint density at radius 1 is 1.17 bits per heavy atom. The number of carbonyl (C=O) groups is 2. The van der Waals surface area contributed by atoms with Crippen LogP contribution in [-0.2, 0) is 4.79 Å². The summed E-state index contributed by atoms with van der Waals surface area (Å²) >= 11 is 1.70. The minimum absolute atomic E-state index is 0.198. The van der Waals surface area contributed by atoms with E-state index in [9.17, 15) is 9.59 Å². The van der Waals surface area contributed by atoms with Gasteiger partial charge in [-0.25, -0.2) is 4.79 Å². The summed E-state index contributed by atoms with van der Waals surface area (Å²) in [5.41, 5.74) is 0.528. The molecular formula is C21H27N3O4S. The third-order valence-corrected chi connectivity index (χ3v) is 5.61. The molecule has 0 unspecified atom stereocenters. The van der Waals surface area contributed by atoms with Crippen molar-refractivity contribution >= 4 is 29.0 Å². The number of hydrogen-bond donors (Lipinski definition) is 2. The molecule has 1 aromatic heterocycles. The molecule has 1 aliphatic rings. The minimum Gasteiger partial charge on any atom is -0.490 e. The van der Waals surface area contributed by atoms with Gasteiger partial charge in [0.15, 0.2) is 11.5 Å². The second-order valence-corrected chi connectivity index (χ2v) is 7.65. The van der Waals surface area contributed by atoms with Crippen LogP contribution in [0, 0.1) is 0 Å². The van der Waals surface area contributed by atoms with Gasteiger partial charge < -0.3 is 14.8 Å². The zero-order chi connectivity index (χ0) is 20.6. The molecule has 1 aliphatic heterocycles. The summed E-state index contributed by atoms with van der Waals surface area (Å²) in [6, 6.07) is 8.95. The molecule has 1 fully saturated rings. The van der Waals surface area contributed by atoms with Gasteiger partial charge in [0.05, 0.1) is 19.8 Å². The lowest BCUT2D eigenvalue weighted by Crippen LogP contribution is -2.41. The van der Waals surface area contributed by atoms with Crippen LogP contribution in [0.3, 0.4) is 0 Å². The van der Waals surface area contributed by atoms with Gasteiger partial charge in [-0.2, -0.15) is 0 Å².